The molecule has 0 aromatic heterocycles. The maximum Gasteiger partial charge on any atom is 0.133 e. The van der Waals surface area contributed by atoms with Crippen LogP contribution < -0.4 is 9.47 Å². The Kier molecular flexibility index (Phi) is 11.8. The lowest BCUT2D eigenvalue weighted by Gasteiger charge is -2.35. The fourth-order valence-electron chi connectivity index (χ4n) is 5.25. The Bertz CT molecular complexity index is 1000. The quantitative estimate of drug-likeness (QED) is 0.188. The van der Waals surface area contributed by atoms with Gasteiger partial charge in [0.05, 0.1) is 18.1 Å². The summed E-state index contributed by atoms with van der Waals surface area (Å²) in [5.74, 6) is 1.83. The van der Waals surface area contributed by atoms with E-state index in [4.69, 9.17) is 22.1 Å². The molecule has 0 N–H and O–H groups in total. The first-order valence-corrected chi connectivity index (χ1v) is 15.5. The van der Waals surface area contributed by atoms with Gasteiger partial charge in [-0.2, -0.15) is 0 Å². The molecule has 0 amide bonds. The Hall–Kier alpha value is -1.26. The normalized spacial score (nSPS) is 12.6. The Morgan fingerprint density at radius 3 is 2.00 bits per heavy atom. The molecule has 2 aromatic carbocycles. The minimum absolute atomic E-state index is 0.0243. The molecule has 0 fully saturated rings. The van der Waals surface area contributed by atoms with Gasteiger partial charge in [-0.1, -0.05) is 99.9 Å². The van der Waals surface area contributed by atoms with E-state index >= 15 is 0 Å². The molecule has 0 heterocycles. The second-order valence-electron chi connectivity index (χ2n) is 12.9. The molecule has 0 aliphatic rings. The van der Waals surface area contributed by atoms with Crippen LogP contribution in [0.5, 0.6) is 11.5 Å². The van der Waals surface area contributed by atoms with Crippen LogP contribution in [0.15, 0.2) is 45.0 Å². The van der Waals surface area contributed by atoms with E-state index in [-0.39, 0.29) is 16.2 Å². The molecule has 0 aliphatic heterocycles. The lowest BCUT2D eigenvalue weighted by molar-refractivity contribution is 0.279. The van der Waals surface area contributed by atoms with Gasteiger partial charge in [0.1, 0.15) is 11.5 Å². The molecule has 0 aliphatic carbocycles. The second-order valence-corrected chi connectivity index (χ2v) is 14.5. The second kappa shape index (κ2) is 13.7. The van der Waals surface area contributed by atoms with E-state index in [0.29, 0.717) is 13.2 Å². The molecule has 0 saturated heterocycles. The maximum atomic E-state index is 6.26. The topological polar surface area (TPSA) is 18.5 Å². The van der Waals surface area contributed by atoms with E-state index in [1.54, 1.807) is 0 Å². The number of rotatable bonds is 14. The number of hydrogen-bond acceptors (Lipinski definition) is 4. The number of thiol groups is 1. The number of unbranched alkanes of at least 4 members (excludes halogenated alkanes) is 1. The van der Waals surface area contributed by atoms with Gasteiger partial charge in [-0.05, 0) is 77.3 Å². The predicted molar refractivity (Wildman–Crippen MR) is 165 cm³/mol. The van der Waals surface area contributed by atoms with Crippen molar-refractivity contribution >= 4 is 24.4 Å². The number of hydrogen-bond donors (Lipinski definition) is 1. The van der Waals surface area contributed by atoms with E-state index in [1.165, 1.54) is 20.9 Å². The monoisotopic (exact) mass is 544 g/mol. The fourth-order valence-corrected chi connectivity index (χ4v) is 6.77. The Morgan fingerprint density at radius 2 is 1.41 bits per heavy atom. The molecule has 0 saturated carbocycles. The standard InChI is InChI=1S/C33H52O2S2/c1-11-14-19-35-27-22-29(25(21-28(27)36)33(9,10)23-31(4,5)6)37-30-20-24(32(7,8)17-12-2)15-16-26(30)34-18-13-3/h15-16,20-22,36H,11-14,17-19,23H2,1-10H3. The summed E-state index contributed by atoms with van der Waals surface area (Å²) in [5, 5.41) is 0. The first-order valence-electron chi connectivity index (χ1n) is 14.2. The summed E-state index contributed by atoms with van der Waals surface area (Å²) in [5.41, 5.74) is 2.98. The summed E-state index contributed by atoms with van der Waals surface area (Å²) in [6.45, 7) is 24.4. The summed E-state index contributed by atoms with van der Waals surface area (Å²) >= 11 is 6.69. The van der Waals surface area contributed by atoms with Gasteiger partial charge in [0.15, 0.2) is 0 Å². The minimum atomic E-state index is -0.0243. The number of ether oxygens (including phenoxy) is 2. The highest BCUT2D eigenvalue weighted by Crippen LogP contribution is 2.47. The molecule has 208 valence electrons. The third-order valence-corrected chi connectivity index (χ3v) is 8.25. The zero-order valence-electron chi connectivity index (χ0n) is 25.2. The average Bonchev–Trinajstić information content (AvgIpc) is 2.78. The van der Waals surface area contributed by atoms with Gasteiger partial charge < -0.3 is 9.47 Å². The lowest BCUT2D eigenvalue weighted by Crippen LogP contribution is -2.25. The van der Waals surface area contributed by atoms with Crippen molar-refractivity contribution in [2.75, 3.05) is 13.2 Å². The Morgan fingerprint density at radius 1 is 0.730 bits per heavy atom. The highest BCUT2D eigenvalue weighted by atomic mass is 32.2. The van der Waals surface area contributed by atoms with Crippen LogP contribution in [0.4, 0.5) is 0 Å². The van der Waals surface area contributed by atoms with E-state index in [1.807, 2.05) is 11.8 Å². The molecule has 2 rings (SSSR count). The predicted octanol–water partition coefficient (Wildman–Crippen LogP) is 10.9. The summed E-state index contributed by atoms with van der Waals surface area (Å²) in [6.07, 6.45) is 6.52. The Balaban J connectivity index is 2.66. The fraction of sp³-hybridized carbons (Fsp3) is 0.636. The number of benzene rings is 2. The van der Waals surface area contributed by atoms with Crippen molar-refractivity contribution in [3.63, 3.8) is 0 Å². The molecule has 2 aromatic rings. The maximum absolute atomic E-state index is 6.26. The summed E-state index contributed by atoms with van der Waals surface area (Å²) in [7, 11) is 0. The van der Waals surface area contributed by atoms with Crippen LogP contribution in [-0.2, 0) is 10.8 Å². The molecular weight excluding hydrogens is 492 g/mol. The van der Waals surface area contributed by atoms with E-state index < -0.39 is 0 Å². The van der Waals surface area contributed by atoms with Gasteiger partial charge in [-0.3, -0.25) is 0 Å². The largest absolute Gasteiger partial charge is 0.492 e. The van der Waals surface area contributed by atoms with Crippen LogP contribution in [0.3, 0.4) is 0 Å². The SMILES string of the molecule is CCCCOc1cc(Sc2cc(C(C)(C)CCC)ccc2OCCC)c(C(C)(C)CC(C)(C)C)cc1S. The molecule has 0 unspecified atom stereocenters. The highest BCUT2D eigenvalue weighted by Gasteiger charge is 2.31. The molecule has 2 nitrogen and oxygen atoms in total. The first kappa shape index (κ1) is 32.0. The summed E-state index contributed by atoms with van der Waals surface area (Å²) < 4.78 is 12.5. The zero-order valence-corrected chi connectivity index (χ0v) is 26.9. The van der Waals surface area contributed by atoms with Gasteiger partial charge in [0.2, 0.25) is 0 Å². The van der Waals surface area contributed by atoms with Crippen LogP contribution in [0.1, 0.15) is 119 Å². The van der Waals surface area contributed by atoms with Crippen molar-refractivity contribution in [2.24, 2.45) is 5.41 Å². The molecule has 0 radical (unpaired) electrons. The lowest BCUT2D eigenvalue weighted by atomic mass is 9.72. The van der Waals surface area contributed by atoms with Gasteiger partial charge in [0.25, 0.3) is 0 Å². The Labute approximate surface area is 238 Å². The summed E-state index contributed by atoms with van der Waals surface area (Å²) in [6, 6.07) is 11.3. The van der Waals surface area contributed by atoms with Crippen molar-refractivity contribution < 1.29 is 9.47 Å². The first-order chi connectivity index (χ1) is 17.2. The van der Waals surface area contributed by atoms with Crippen molar-refractivity contribution in [3.05, 3.63) is 41.5 Å². The third-order valence-electron chi connectivity index (χ3n) is 6.80. The molecule has 0 spiro atoms. The van der Waals surface area contributed by atoms with Crippen molar-refractivity contribution in [1.82, 2.24) is 0 Å². The van der Waals surface area contributed by atoms with Crippen LogP contribution in [-0.4, -0.2) is 13.2 Å². The van der Waals surface area contributed by atoms with Gasteiger partial charge in [-0.15, -0.1) is 12.6 Å². The molecule has 4 heteroatoms. The van der Waals surface area contributed by atoms with E-state index in [0.717, 1.165) is 54.9 Å². The highest BCUT2D eigenvalue weighted by molar-refractivity contribution is 7.99. The van der Waals surface area contributed by atoms with E-state index in [9.17, 15) is 0 Å². The summed E-state index contributed by atoms with van der Waals surface area (Å²) in [4.78, 5) is 3.32. The molecule has 0 atom stereocenters. The molecule has 37 heavy (non-hydrogen) atoms. The average molecular weight is 545 g/mol. The minimum Gasteiger partial charge on any atom is -0.492 e. The van der Waals surface area contributed by atoms with Crippen molar-refractivity contribution in [1.29, 1.82) is 0 Å². The van der Waals surface area contributed by atoms with E-state index in [2.05, 4.69) is 99.6 Å². The van der Waals surface area contributed by atoms with Crippen LogP contribution in [0.25, 0.3) is 0 Å². The van der Waals surface area contributed by atoms with Crippen molar-refractivity contribution in [3.8, 4) is 11.5 Å². The van der Waals surface area contributed by atoms with Gasteiger partial charge >= 0.3 is 0 Å². The van der Waals surface area contributed by atoms with Gasteiger partial charge in [-0.25, -0.2) is 0 Å². The van der Waals surface area contributed by atoms with Crippen LogP contribution in [0, 0.1) is 5.41 Å². The molecule has 0 bridgehead atoms. The zero-order chi connectivity index (χ0) is 27.9. The molecular formula is C33H52O2S2. The van der Waals surface area contributed by atoms with Crippen LogP contribution in [0.2, 0.25) is 0 Å². The third kappa shape index (κ3) is 9.46. The van der Waals surface area contributed by atoms with Crippen LogP contribution >= 0.6 is 24.4 Å². The smallest absolute Gasteiger partial charge is 0.133 e. The van der Waals surface area contributed by atoms with Crippen molar-refractivity contribution in [2.45, 2.75) is 133 Å². The van der Waals surface area contributed by atoms with Gasteiger partial charge in [0, 0.05) is 9.79 Å².